The average molecular weight is 386 g/mol. The predicted octanol–water partition coefficient (Wildman–Crippen LogP) is 4.59. The van der Waals surface area contributed by atoms with Crippen LogP contribution in [0.25, 0.3) is 0 Å². The molecule has 0 atom stereocenters. The molecule has 152 valence electrons. The first-order valence-corrected chi connectivity index (χ1v) is 9.43. The number of aryl methyl sites for hydroxylation is 1. The van der Waals surface area contributed by atoms with E-state index in [1.165, 1.54) is 11.1 Å². The van der Waals surface area contributed by atoms with Crippen molar-refractivity contribution in [2.24, 2.45) is 0 Å². The number of hydrogen-bond donors (Lipinski definition) is 0. The Morgan fingerprint density at radius 2 is 1.50 bits per heavy atom. The van der Waals surface area contributed by atoms with Gasteiger partial charge in [0.2, 0.25) is 0 Å². The summed E-state index contributed by atoms with van der Waals surface area (Å²) in [4.78, 5) is 10.8. The van der Waals surface area contributed by atoms with Crippen LogP contribution in [0.5, 0.6) is 17.2 Å². The Bertz CT molecular complexity index is 777. The average Bonchev–Trinajstić information content (AvgIpc) is 2.67. The molecule has 0 aliphatic heterocycles. The maximum absolute atomic E-state index is 10.8. The summed E-state index contributed by atoms with van der Waals surface area (Å²) in [5.41, 5.74) is 2.99. The quantitative estimate of drug-likeness (QED) is 0.442. The second-order valence-corrected chi connectivity index (χ2v) is 7.59. The highest BCUT2D eigenvalue weighted by atomic mass is 16.6. The molecule has 0 bridgehead atoms. The van der Waals surface area contributed by atoms with E-state index in [0.717, 1.165) is 12.0 Å². The maximum Gasteiger partial charge on any atom is 0.161 e. The van der Waals surface area contributed by atoms with Gasteiger partial charge in [0.05, 0.1) is 20.3 Å². The van der Waals surface area contributed by atoms with Crippen LogP contribution < -0.4 is 14.2 Å². The third kappa shape index (κ3) is 6.27. The molecule has 0 radical (unpaired) electrons. The van der Waals surface area contributed by atoms with Crippen molar-refractivity contribution in [3.8, 4) is 17.2 Å². The Hall–Kier alpha value is -2.53. The molecular formula is C23H30O5. The van der Waals surface area contributed by atoms with Gasteiger partial charge < -0.3 is 18.9 Å². The lowest BCUT2D eigenvalue weighted by Crippen LogP contribution is -2.16. The van der Waals surface area contributed by atoms with Gasteiger partial charge >= 0.3 is 0 Å². The zero-order valence-electron chi connectivity index (χ0n) is 17.4. The molecule has 0 amide bonds. The van der Waals surface area contributed by atoms with E-state index in [1.807, 2.05) is 6.07 Å². The fourth-order valence-corrected chi connectivity index (χ4v) is 2.76. The van der Waals surface area contributed by atoms with Gasteiger partial charge in [0.25, 0.3) is 0 Å². The number of carbonyl (C=O) groups is 1. The highest BCUT2D eigenvalue weighted by Crippen LogP contribution is 2.32. The first-order valence-electron chi connectivity index (χ1n) is 9.43. The molecule has 0 N–H and O–H groups in total. The van der Waals surface area contributed by atoms with E-state index < -0.39 is 0 Å². The van der Waals surface area contributed by atoms with E-state index in [1.54, 1.807) is 25.3 Å². The summed E-state index contributed by atoms with van der Waals surface area (Å²) in [5.74, 6) is 2.02. The van der Waals surface area contributed by atoms with Crippen LogP contribution in [0.4, 0.5) is 0 Å². The minimum Gasteiger partial charge on any atom is -0.493 e. The molecule has 0 saturated heterocycles. The van der Waals surface area contributed by atoms with Crippen molar-refractivity contribution < 1.29 is 23.7 Å². The maximum atomic E-state index is 10.8. The molecule has 0 fully saturated rings. The monoisotopic (exact) mass is 386 g/mol. The highest BCUT2D eigenvalue weighted by molar-refractivity contribution is 5.76. The number of rotatable bonds is 10. The minimum absolute atomic E-state index is 0.0223. The van der Waals surface area contributed by atoms with Crippen molar-refractivity contribution in [3.05, 3.63) is 53.1 Å². The van der Waals surface area contributed by atoms with Gasteiger partial charge in [0, 0.05) is 5.56 Å². The van der Waals surface area contributed by atoms with E-state index in [-0.39, 0.29) is 5.41 Å². The van der Waals surface area contributed by atoms with Gasteiger partial charge in [-0.1, -0.05) is 38.5 Å². The molecule has 28 heavy (non-hydrogen) atoms. The molecular weight excluding hydrogens is 356 g/mol. The van der Waals surface area contributed by atoms with Crippen LogP contribution in [0.15, 0.2) is 36.4 Å². The number of ether oxygens (including phenoxy) is 4. The second-order valence-electron chi connectivity index (χ2n) is 7.59. The first-order chi connectivity index (χ1) is 13.3. The molecule has 0 heterocycles. The Morgan fingerprint density at radius 1 is 0.857 bits per heavy atom. The highest BCUT2D eigenvalue weighted by Gasteiger charge is 2.19. The molecule has 5 nitrogen and oxygen atoms in total. The van der Waals surface area contributed by atoms with E-state index >= 15 is 0 Å². The summed E-state index contributed by atoms with van der Waals surface area (Å²) in [5, 5.41) is 0. The van der Waals surface area contributed by atoms with Gasteiger partial charge in [-0.25, -0.2) is 0 Å². The van der Waals surface area contributed by atoms with Crippen molar-refractivity contribution in [1.29, 1.82) is 0 Å². The summed E-state index contributed by atoms with van der Waals surface area (Å²) in [6.45, 7) is 10.4. The molecule has 2 aromatic rings. The van der Waals surface area contributed by atoms with Crippen LogP contribution in [0.3, 0.4) is 0 Å². The van der Waals surface area contributed by atoms with Gasteiger partial charge in [0.1, 0.15) is 25.2 Å². The normalized spacial score (nSPS) is 11.2. The lowest BCUT2D eigenvalue weighted by molar-refractivity contribution is 0.0753. The minimum atomic E-state index is 0.0223. The van der Waals surface area contributed by atoms with Gasteiger partial charge in [-0.2, -0.15) is 0 Å². The molecule has 0 unspecified atom stereocenters. The first kappa shape index (κ1) is 21.8. The Morgan fingerprint density at radius 3 is 2.11 bits per heavy atom. The van der Waals surface area contributed by atoms with Crippen LogP contribution in [-0.2, 0) is 10.2 Å². The van der Waals surface area contributed by atoms with Crippen LogP contribution in [0, 0.1) is 6.92 Å². The molecule has 0 spiro atoms. The van der Waals surface area contributed by atoms with Crippen LogP contribution >= 0.6 is 0 Å². The fourth-order valence-electron chi connectivity index (χ4n) is 2.76. The van der Waals surface area contributed by atoms with Gasteiger partial charge in [-0.05, 0) is 42.2 Å². The summed E-state index contributed by atoms with van der Waals surface area (Å²) in [6, 6.07) is 11.3. The SMILES string of the molecule is COc1cc(C=O)ccc1OCCOCCOc1ccc(C)cc1C(C)(C)C. The molecule has 2 rings (SSSR count). The lowest BCUT2D eigenvalue weighted by Gasteiger charge is -2.23. The van der Waals surface area contributed by atoms with Crippen molar-refractivity contribution in [3.63, 3.8) is 0 Å². The Balaban J connectivity index is 1.74. The second kappa shape index (κ2) is 10.1. The standard InChI is InChI=1S/C23H30O5/c1-17-6-8-20(19(14-17)23(2,3)4)27-12-10-26-11-13-28-21-9-7-18(16-24)15-22(21)25-5/h6-9,14-16H,10-13H2,1-5H3. The summed E-state index contributed by atoms with van der Waals surface area (Å²) < 4.78 is 22.4. The van der Waals surface area contributed by atoms with E-state index in [9.17, 15) is 4.79 Å². The van der Waals surface area contributed by atoms with Crippen LogP contribution in [0.2, 0.25) is 0 Å². The zero-order chi connectivity index (χ0) is 20.6. The summed E-state index contributed by atoms with van der Waals surface area (Å²) in [6.07, 6.45) is 0.772. The number of aldehydes is 1. The smallest absolute Gasteiger partial charge is 0.161 e. The number of carbonyl (C=O) groups excluding carboxylic acids is 1. The Kier molecular flexibility index (Phi) is 7.88. The van der Waals surface area contributed by atoms with Gasteiger partial charge in [-0.3, -0.25) is 4.79 Å². The molecule has 0 aliphatic carbocycles. The van der Waals surface area contributed by atoms with E-state index in [2.05, 4.69) is 39.8 Å². The van der Waals surface area contributed by atoms with Crippen LogP contribution in [0.1, 0.15) is 42.3 Å². The molecule has 5 heteroatoms. The molecule has 2 aromatic carbocycles. The largest absolute Gasteiger partial charge is 0.493 e. The van der Waals surface area contributed by atoms with Gasteiger partial charge in [0.15, 0.2) is 11.5 Å². The molecule has 0 aliphatic rings. The molecule has 0 aromatic heterocycles. The third-order valence-electron chi connectivity index (χ3n) is 4.24. The van der Waals surface area contributed by atoms with Crippen molar-refractivity contribution in [2.45, 2.75) is 33.1 Å². The number of hydrogen-bond acceptors (Lipinski definition) is 5. The predicted molar refractivity (Wildman–Crippen MR) is 110 cm³/mol. The topological polar surface area (TPSA) is 54.0 Å². The Labute approximate surface area is 167 Å². The number of methoxy groups -OCH3 is 1. The zero-order valence-corrected chi connectivity index (χ0v) is 17.4. The molecule has 0 saturated carbocycles. The van der Waals surface area contributed by atoms with Crippen molar-refractivity contribution >= 4 is 6.29 Å². The lowest BCUT2D eigenvalue weighted by atomic mass is 9.85. The van der Waals surface area contributed by atoms with Gasteiger partial charge in [-0.15, -0.1) is 0 Å². The van der Waals surface area contributed by atoms with E-state index in [0.29, 0.717) is 43.5 Å². The number of benzene rings is 2. The summed E-state index contributed by atoms with van der Waals surface area (Å²) in [7, 11) is 1.54. The third-order valence-corrected chi connectivity index (χ3v) is 4.24. The summed E-state index contributed by atoms with van der Waals surface area (Å²) >= 11 is 0. The van der Waals surface area contributed by atoms with Crippen molar-refractivity contribution in [1.82, 2.24) is 0 Å². The van der Waals surface area contributed by atoms with E-state index in [4.69, 9.17) is 18.9 Å². The van der Waals surface area contributed by atoms with Crippen molar-refractivity contribution in [2.75, 3.05) is 33.5 Å². The fraction of sp³-hybridized carbons (Fsp3) is 0.435. The van der Waals surface area contributed by atoms with Crippen LogP contribution in [-0.4, -0.2) is 39.8 Å².